The number of nitrogens with zero attached hydrogens (tertiary/aromatic N) is 1. The fourth-order valence-electron chi connectivity index (χ4n) is 6.63. The second-order valence-electron chi connectivity index (χ2n) is 12.5. The topological polar surface area (TPSA) is 359 Å². The SMILES string of the molecule is NCCCN[C@@H]1C[C@H](O)[C@@H](CN)O[C@@H]1C1[C@@H](N)C[C@@H](NC(=O)C2(O)CC2N=C(N)N)[C@H](O[C@H]2O[C@H](CO)[C@@H](O)[C@H](N)[C@H]2O)[C@H]1O. The summed E-state index contributed by atoms with van der Waals surface area (Å²) in [6, 6.07) is -4.47. The number of hydrogen-bond donors (Lipinski definition) is 14. The smallest absolute Gasteiger partial charge is 0.254 e. The van der Waals surface area contributed by atoms with Crippen molar-refractivity contribution in [3.8, 4) is 0 Å². The van der Waals surface area contributed by atoms with Crippen molar-refractivity contribution in [1.29, 1.82) is 0 Å². The van der Waals surface area contributed by atoms with Gasteiger partial charge in [0.2, 0.25) is 0 Å². The predicted octanol–water partition coefficient (Wildman–Crippen LogP) is -8.11. The first-order chi connectivity index (χ1) is 21.3. The van der Waals surface area contributed by atoms with Crippen molar-refractivity contribution in [2.45, 2.75) is 117 Å². The maximum absolute atomic E-state index is 13.3. The minimum absolute atomic E-state index is 0.00423. The van der Waals surface area contributed by atoms with E-state index in [-0.39, 0.29) is 31.8 Å². The lowest BCUT2D eigenvalue weighted by Crippen LogP contribution is -2.70. The first kappa shape index (κ1) is 36.0. The van der Waals surface area contributed by atoms with E-state index < -0.39 is 109 Å². The molecule has 20 N–H and O–H groups in total. The van der Waals surface area contributed by atoms with Crippen molar-refractivity contribution in [3.05, 3.63) is 0 Å². The number of carbonyl (C=O) groups excluding carboxylic acids is 1. The third-order valence-electron chi connectivity index (χ3n) is 9.34. The van der Waals surface area contributed by atoms with Crippen molar-refractivity contribution in [2.24, 2.45) is 45.3 Å². The number of nitrogens with two attached hydrogens (primary N) is 6. The second kappa shape index (κ2) is 14.9. The lowest BCUT2D eigenvalue weighted by Gasteiger charge is -2.52. The summed E-state index contributed by atoms with van der Waals surface area (Å²) in [6.07, 6.45) is -10.1. The molecule has 2 aliphatic carbocycles. The van der Waals surface area contributed by atoms with Gasteiger partial charge < -0.3 is 89.9 Å². The van der Waals surface area contributed by atoms with Crippen LogP contribution in [-0.2, 0) is 19.0 Å². The first-order valence-corrected chi connectivity index (χ1v) is 15.3. The standard InChI is InChI=1S/C26H51N9O10/c27-2-1-3-33-10-5-12(37)13(7-28)43-21(10)16-9(29)4-11(34-24(41)26(42)6-15(26)35-25(31)32)22(19(16)39)45-23-20(40)17(30)18(38)14(8-36)44-23/h9-23,33,36-40,42H,1-8,27-30H2,(H,34,41)(H4,31,32,35)/t9-,10+,11+,12-,13+,14+,15?,16?,17-,18+,19-,20+,21-,22-,23+,26?/m0/s1. The molecule has 0 aromatic carbocycles. The van der Waals surface area contributed by atoms with Crippen LogP contribution in [0, 0.1) is 5.92 Å². The Labute approximate surface area is 260 Å². The summed E-state index contributed by atoms with van der Waals surface area (Å²) < 4.78 is 18.0. The lowest BCUT2D eigenvalue weighted by molar-refractivity contribution is -0.307. The van der Waals surface area contributed by atoms with E-state index in [0.29, 0.717) is 19.5 Å². The van der Waals surface area contributed by atoms with E-state index in [9.17, 15) is 35.4 Å². The van der Waals surface area contributed by atoms with Crippen LogP contribution < -0.4 is 45.0 Å². The van der Waals surface area contributed by atoms with E-state index in [1.54, 1.807) is 0 Å². The van der Waals surface area contributed by atoms with E-state index in [1.807, 2.05) is 0 Å². The van der Waals surface area contributed by atoms with Crippen LogP contribution in [0.4, 0.5) is 0 Å². The minimum Gasteiger partial charge on any atom is -0.394 e. The summed E-state index contributed by atoms with van der Waals surface area (Å²) in [7, 11) is 0. The molecular formula is C26H51N9O10. The molecule has 2 saturated heterocycles. The average molecular weight is 650 g/mol. The number of amides is 1. The molecule has 2 heterocycles. The minimum atomic E-state index is -1.91. The molecule has 4 fully saturated rings. The molecule has 0 bridgehead atoms. The summed E-state index contributed by atoms with van der Waals surface area (Å²) in [5.74, 6) is -1.99. The molecule has 0 radical (unpaired) electrons. The van der Waals surface area contributed by atoms with Crippen LogP contribution in [0.15, 0.2) is 4.99 Å². The summed E-state index contributed by atoms with van der Waals surface area (Å²) in [4.78, 5) is 17.1. The number of guanidine groups is 1. The van der Waals surface area contributed by atoms with Crippen molar-refractivity contribution in [1.82, 2.24) is 10.6 Å². The predicted molar refractivity (Wildman–Crippen MR) is 158 cm³/mol. The Bertz CT molecular complexity index is 1030. The Kier molecular flexibility index (Phi) is 12.0. The maximum atomic E-state index is 13.3. The fraction of sp³-hybridized carbons (Fsp3) is 0.923. The zero-order chi connectivity index (χ0) is 33.2. The average Bonchev–Trinajstić information content (AvgIpc) is 3.65. The lowest BCUT2D eigenvalue weighted by atomic mass is 9.71. The number of ether oxygens (including phenoxy) is 3. The van der Waals surface area contributed by atoms with Gasteiger partial charge in [-0.1, -0.05) is 0 Å². The largest absolute Gasteiger partial charge is 0.394 e. The van der Waals surface area contributed by atoms with Crippen molar-refractivity contribution in [3.63, 3.8) is 0 Å². The molecule has 19 nitrogen and oxygen atoms in total. The highest BCUT2D eigenvalue weighted by Gasteiger charge is 2.61. The molecule has 2 aliphatic heterocycles. The number of aliphatic hydroxyl groups excluding tert-OH is 5. The summed E-state index contributed by atoms with van der Waals surface area (Å²) in [5.41, 5.74) is 33.1. The van der Waals surface area contributed by atoms with Gasteiger partial charge in [0.25, 0.3) is 5.91 Å². The third-order valence-corrected chi connectivity index (χ3v) is 9.34. The second-order valence-corrected chi connectivity index (χ2v) is 12.5. The molecule has 3 unspecified atom stereocenters. The van der Waals surface area contributed by atoms with E-state index in [2.05, 4.69) is 15.6 Å². The van der Waals surface area contributed by atoms with Crippen LogP contribution in [0.1, 0.15) is 25.7 Å². The number of rotatable bonds is 12. The molecule has 4 rings (SSSR count). The van der Waals surface area contributed by atoms with Crippen LogP contribution in [0.2, 0.25) is 0 Å². The summed E-state index contributed by atoms with van der Waals surface area (Å²) in [5, 5.41) is 70.3. The highest BCUT2D eigenvalue weighted by Crippen LogP contribution is 2.41. The van der Waals surface area contributed by atoms with Gasteiger partial charge in [0.15, 0.2) is 17.9 Å². The van der Waals surface area contributed by atoms with Crippen molar-refractivity contribution >= 4 is 11.9 Å². The molecule has 2 saturated carbocycles. The van der Waals surface area contributed by atoms with Crippen LogP contribution in [0.3, 0.4) is 0 Å². The molecular weight excluding hydrogens is 598 g/mol. The summed E-state index contributed by atoms with van der Waals surface area (Å²) in [6.45, 7) is 0.284. The Morgan fingerprint density at radius 3 is 2.33 bits per heavy atom. The number of hydrogen-bond acceptors (Lipinski definition) is 16. The van der Waals surface area contributed by atoms with E-state index in [4.69, 9.17) is 48.6 Å². The van der Waals surface area contributed by atoms with Gasteiger partial charge in [0.1, 0.15) is 24.4 Å². The van der Waals surface area contributed by atoms with E-state index in [0.717, 1.165) is 0 Å². The van der Waals surface area contributed by atoms with Gasteiger partial charge in [-0.15, -0.1) is 0 Å². The highest BCUT2D eigenvalue weighted by molar-refractivity contribution is 5.90. The molecule has 0 spiro atoms. The van der Waals surface area contributed by atoms with Gasteiger partial charge in [-0.3, -0.25) is 4.79 Å². The van der Waals surface area contributed by atoms with Gasteiger partial charge in [-0.2, -0.15) is 0 Å². The van der Waals surface area contributed by atoms with Crippen molar-refractivity contribution < 1.29 is 49.6 Å². The monoisotopic (exact) mass is 649 g/mol. The molecule has 19 heteroatoms. The van der Waals surface area contributed by atoms with Gasteiger partial charge in [0, 0.05) is 31.0 Å². The normalized spacial score (nSPS) is 46.8. The van der Waals surface area contributed by atoms with Crippen LogP contribution >= 0.6 is 0 Å². The highest BCUT2D eigenvalue weighted by atomic mass is 16.7. The molecule has 1 amide bonds. The molecule has 0 aromatic heterocycles. The van der Waals surface area contributed by atoms with Crippen LogP contribution in [0.25, 0.3) is 0 Å². The van der Waals surface area contributed by atoms with Gasteiger partial charge in [-0.05, 0) is 32.4 Å². The molecule has 45 heavy (non-hydrogen) atoms. The number of aliphatic hydroxyl groups is 6. The Morgan fingerprint density at radius 2 is 1.71 bits per heavy atom. The fourth-order valence-corrected chi connectivity index (χ4v) is 6.63. The molecule has 4 aliphatic rings. The third kappa shape index (κ3) is 7.68. The molecule has 16 atom stereocenters. The molecule has 260 valence electrons. The number of carbonyl (C=O) groups is 1. The zero-order valence-corrected chi connectivity index (χ0v) is 25.0. The quantitative estimate of drug-likeness (QED) is 0.0530. The first-order valence-electron chi connectivity index (χ1n) is 15.3. The zero-order valence-electron chi connectivity index (χ0n) is 25.0. The number of aliphatic imine (C=N–C) groups is 1. The Morgan fingerprint density at radius 1 is 1.00 bits per heavy atom. The van der Waals surface area contributed by atoms with Crippen LogP contribution in [0.5, 0.6) is 0 Å². The van der Waals surface area contributed by atoms with Gasteiger partial charge in [0.05, 0.1) is 49.1 Å². The van der Waals surface area contributed by atoms with Crippen molar-refractivity contribution in [2.75, 3.05) is 26.2 Å². The molecule has 0 aromatic rings. The summed E-state index contributed by atoms with van der Waals surface area (Å²) >= 11 is 0. The Hall–Kier alpha value is -1.82. The van der Waals surface area contributed by atoms with Gasteiger partial charge in [-0.25, -0.2) is 4.99 Å². The Balaban J connectivity index is 1.63. The van der Waals surface area contributed by atoms with Crippen LogP contribution in [-0.4, -0.2) is 160 Å². The van der Waals surface area contributed by atoms with Gasteiger partial charge >= 0.3 is 0 Å². The van der Waals surface area contributed by atoms with E-state index >= 15 is 0 Å². The van der Waals surface area contributed by atoms with E-state index in [1.165, 1.54) is 0 Å². The maximum Gasteiger partial charge on any atom is 0.254 e. The number of nitrogens with one attached hydrogen (secondary N) is 2.